The zero-order valence-electron chi connectivity index (χ0n) is 12.3. The van der Waals surface area contributed by atoms with Gasteiger partial charge >= 0.3 is 5.97 Å². The molecule has 1 amide bonds. The first kappa shape index (κ1) is 16.8. The minimum absolute atomic E-state index is 0.0989. The summed E-state index contributed by atoms with van der Waals surface area (Å²) in [5.74, 6) is -1.33. The number of carbonyl (C=O) groups excluding carboxylic acids is 1. The maximum Gasteiger partial charge on any atom is 0.321 e. The van der Waals surface area contributed by atoms with E-state index in [1.54, 1.807) is 24.3 Å². The van der Waals surface area contributed by atoms with Gasteiger partial charge in [-0.05, 0) is 31.0 Å². The van der Waals surface area contributed by atoms with Gasteiger partial charge < -0.3 is 15.7 Å². The van der Waals surface area contributed by atoms with Gasteiger partial charge in [-0.15, -0.1) is 0 Å². The summed E-state index contributed by atoms with van der Waals surface area (Å²) in [4.78, 5) is 23.4. The number of anilines is 1. The van der Waals surface area contributed by atoms with Gasteiger partial charge in [0.25, 0.3) is 0 Å². The molecule has 1 unspecified atom stereocenters. The van der Waals surface area contributed by atoms with Crippen molar-refractivity contribution in [2.45, 2.75) is 50.6 Å². The Morgan fingerprint density at radius 3 is 2.64 bits per heavy atom. The van der Waals surface area contributed by atoms with Crippen LogP contribution >= 0.6 is 11.6 Å². The van der Waals surface area contributed by atoms with Crippen LogP contribution in [0.5, 0.6) is 0 Å². The highest BCUT2D eigenvalue weighted by Crippen LogP contribution is 2.19. The molecule has 1 aliphatic rings. The Balaban J connectivity index is 1.89. The van der Waals surface area contributed by atoms with Crippen molar-refractivity contribution in [2.75, 3.05) is 5.32 Å². The summed E-state index contributed by atoms with van der Waals surface area (Å²) in [6, 6.07) is 6.11. The maximum absolute atomic E-state index is 12.0. The Morgan fingerprint density at radius 1 is 1.27 bits per heavy atom. The van der Waals surface area contributed by atoms with Crippen LogP contribution in [0.3, 0.4) is 0 Å². The monoisotopic (exact) mass is 324 g/mol. The van der Waals surface area contributed by atoms with Gasteiger partial charge in [0.05, 0.1) is 6.42 Å². The second-order valence-electron chi connectivity index (χ2n) is 5.66. The second kappa shape index (κ2) is 8.15. The van der Waals surface area contributed by atoms with Gasteiger partial charge in [-0.3, -0.25) is 9.59 Å². The highest BCUT2D eigenvalue weighted by molar-refractivity contribution is 6.30. The van der Waals surface area contributed by atoms with E-state index >= 15 is 0 Å². The Hall–Kier alpha value is -1.59. The van der Waals surface area contributed by atoms with Gasteiger partial charge in [0.1, 0.15) is 6.04 Å². The number of rotatable bonds is 6. The van der Waals surface area contributed by atoms with Crippen molar-refractivity contribution >= 4 is 29.2 Å². The van der Waals surface area contributed by atoms with Crippen molar-refractivity contribution in [2.24, 2.45) is 0 Å². The van der Waals surface area contributed by atoms with Gasteiger partial charge in [0, 0.05) is 16.8 Å². The Kier molecular flexibility index (Phi) is 6.21. The van der Waals surface area contributed by atoms with E-state index in [0.717, 1.165) is 25.7 Å². The van der Waals surface area contributed by atoms with E-state index in [1.807, 2.05) is 0 Å². The molecular weight excluding hydrogens is 304 g/mol. The molecule has 0 radical (unpaired) electrons. The van der Waals surface area contributed by atoms with Crippen LogP contribution in [0.25, 0.3) is 0 Å². The lowest BCUT2D eigenvalue weighted by atomic mass is 9.94. The van der Waals surface area contributed by atoms with Crippen molar-refractivity contribution in [3.05, 3.63) is 29.3 Å². The Labute approximate surface area is 135 Å². The van der Waals surface area contributed by atoms with Gasteiger partial charge in [0.15, 0.2) is 0 Å². The first-order valence-electron chi connectivity index (χ1n) is 7.59. The molecule has 1 atom stereocenters. The summed E-state index contributed by atoms with van der Waals surface area (Å²) < 4.78 is 0. The molecule has 120 valence electrons. The first-order chi connectivity index (χ1) is 10.5. The number of halogens is 1. The molecule has 0 bridgehead atoms. The number of aliphatic carboxylic acids is 1. The summed E-state index contributed by atoms with van der Waals surface area (Å²) >= 11 is 5.86. The normalized spacial score (nSPS) is 17.0. The lowest BCUT2D eigenvalue weighted by Crippen LogP contribution is -2.45. The Morgan fingerprint density at radius 2 is 2.00 bits per heavy atom. The lowest BCUT2D eigenvalue weighted by molar-refractivity contribution is -0.141. The third-order valence-electron chi connectivity index (χ3n) is 3.84. The van der Waals surface area contributed by atoms with E-state index in [9.17, 15) is 14.7 Å². The molecule has 0 spiro atoms. The standard InChI is InChI=1S/C16H21ClN2O3/c17-11-5-4-8-13(9-11)19-15(20)10-14(16(21)22)18-12-6-2-1-3-7-12/h4-5,8-9,12,14,18H,1-3,6-7,10H2,(H,19,20)(H,21,22). The summed E-state index contributed by atoms with van der Waals surface area (Å²) in [6.07, 6.45) is 5.26. The van der Waals surface area contributed by atoms with Crippen molar-refractivity contribution in [1.29, 1.82) is 0 Å². The molecule has 1 fully saturated rings. The van der Waals surface area contributed by atoms with E-state index in [1.165, 1.54) is 6.42 Å². The van der Waals surface area contributed by atoms with E-state index < -0.39 is 12.0 Å². The minimum Gasteiger partial charge on any atom is -0.480 e. The van der Waals surface area contributed by atoms with Crippen LogP contribution in [-0.4, -0.2) is 29.1 Å². The van der Waals surface area contributed by atoms with Gasteiger partial charge in [-0.2, -0.15) is 0 Å². The van der Waals surface area contributed by atoms with Crippen LogP contribution in [0, 0.1) is 0 Å². The van der Waals surface area contributed by atoms with Gasteiger partial charge in [-0.25, -0.2) is 0 Å². The molecule has 3 N–H and O–H groups in total. The number of nitrogens with one attached hydrogen (secondary N) is 2. The van der Waals surface area contributed by atoms with Gasteiger partial charge in [0.2, 0.25) is 5.91 Å². The highest BCUT2D eigenvalue weighted by atomic mass is 35.5. The fourth-order valence-corrected chi connectivity index (χ4v) is 2.93. The maximum atomic E-state index is 12.0. The number of amides is 1. The molecule has 0 heterocycles. The largest absolute Gasteiger partial charge is 0.480 e. The smallest absolute Gasteiger partial charge is 0.321 e. The Bertz CT molecular complexity index is 530. The zero-order chi connectivity index (χ0) is 15.9. The molecule has 1 saturated carbocycles. The van der Waals surface area contributed by atoms with Crippen LogP contribution in [0.2, 0.25) is 5.02 Å². The first-order valence-corrected chi connectivity index (χ1v) is 7.96. The lowest BCUT2D eigenvalue weighted by Gasteiger charge is -2.26. The van der Waals surface area contributed by atoms with E-state index in [4.69, 9.17) is 11.6 Å². The molecule has 1 aromatic rings. The van der Waals surface area contributed by atoms with E-state index in [2.05, 4.69) is 10.6 Å². The fourth-order valence-electron chi connectivity index (χ4n) is 2.73. The van der Waals surface area contributed by atoms with E-state index in [-0.39, 0.29) is 18.4 Å². The number of hydrogen-bond donors (Lipinski definition) is 3. The van der Waals surface area contributed by atoms with Crippen LogP contribution in [0.15, 0.2) is 24.3 Å². The molecule has 6 heteroatoms. The average molecular weight is 325 g/mol. The summed E-state index contributed by atoms with van der Waals surface area (Å²) in [6.45, 7) is 0. The van der Waals surface area contributed by atoms with Crippen LogP contribution in [-0.2, 0) is 9.59 Å². The molecule has 22 heavy (non-hydrogen) atoms. The predicted molar refractivity (Wildman–Crippen MR) is 86.1 cm³/mol. The number of carboxylic acids is 1. The number of carbonyl (C=O) groups is 2. The summed E-state index contributed by atoms with van der Waals surface area (Å²) in [7, 11) is 0. The number of benzene rings is 1. The number of hydrogen-bond acceptors (Lipinski definition) is 3. The molecule has 0 saturated heterocycles. The number of carboxylic acid groups (broad SMARTS) is 1. The highest BCUT2D eigenvalue weighted by Gasteiger charge is 2.25. The molecule has 0 aromatic heterocycles. The molecular formula is C16H21ClN2O3. The van der Waals surface area contributed by atoms with Crippen molar-refractivity contribution in [1.82, 2.24) is 5.32 Å². The van der Waals surface area contributed by atoms with Crippen LogP contribution in [0.4, 0.5) is 5.69 Å². The van der Waals surface area contributed by atoms with Crippen molar-refractivity contribution in [3.8, 4) is 0 Å². The zero-order valence-corrected chi connectivity index (χ0v) is 13.1. The van der Waals surface area contributed by atoms with Gasteiger partial charge in [-0.1, -0.05) is 36.9 Å². The summed E-state index contributed by atoms with van der Waals surface area (Å²) in [5.41, 5.74) is 0.569. The van der Waals surface area contributed by atoms with Crippen LogP contribution in [0.1, 0.15) is 38.5 Å². The predicted octanol–water partition coefficient (Wildman–Crippen LogP) is 3.04. The second-order valence-corrected chi connectivity index (χ2v) is 6.09. The topological polar surface area (TPSA) is 78.4 Å². The SMILES string of the molecule is O=C(CC(NC1CCCCC1)C(=O)O)Nc1cccc(Cl)c1. The third kappa shape index (κ3) is 5.31. The molecule has 5 nitrogen and oxygen atoms in total. The average Bonchev–Trinajstić information content (AvgIpc) is 2.47. The minimum atomic E-state index is -0.994. The third-order valence-corrected chi connectivity index (χ3v) is 4.07. The fraction of sp³-hybridized carbons (Fsp3) is 0.500. The summed E-state index contributed by atoms with van der Waals surface area (Å²) in [5, 5.41) is 15.6. The van der Waals surface area contributed by atoms with Crippen molar-refractivity contribution < 1.29 is 14.7 Å². The van der Waals surface area contributed by atoms with Crippen LogP contribution < -0.4 is 10.6 Å². The van der Waals surface area contributed by atoms with E-state index in [0.29, 0.717) is 10.7 Å². The molecule has 0 aliphatic heterocycles. The quantitative estimate of drug-likeness (QED) is 0.751. The molecule has 2 rings (SSSR count). The molecule has 1 aliphatic carbocycles. The van der Waals surface area contributed by atoms with Crippen molar-refractivity contribution in [3.63, 3.8) is 0 Å². The molecule has 1 aromatic carbocycles.